The summed E-state index contributed by atoms with van der Waals surface area (Å²) in [5.74, 6) is -1.22. The summed E-state index contributed by atoms with van der Waals surface area (Å²) in [6, 6.07) is 5.67. The predicted molar refractivity (Wildman–Crippen MR) is 126 cm³/mol. The molecule has 0 radical (unpaired) electrons. The molecule has 3 amide bonds. The molecule has 0 heterocycles. The van der Waals surface area contributed by atoms with Crippen LogP contribution >= 0.6 is 12.6 Å². The molecule has 1 aromatic rings. The van der Waals surface area contributed by atoms with Crippen molar-refractivity contribution in [3.8, 4) is 18.2 Å². The fourth-order valence-electron chi connectivity index (χ4n) is 2.97. The van der Waals surface area contributed by atoms with E-state index in [9.17, 15) is 19.5 Å². The van der Waals surface area contributed by atoms with Gasteiger partial charge in [0.05, 0.1) is 0 Å². The number of thiol groups is 1. The highest BCUT2D eigenvalue weighted by atomic mass is 32.1. The van der Waals surface area contributed by atoms with E-state index in [1.165, 1.54) is 24.3 Å². The second-order valence-electron chi connectivity index (χ2n) is 8.41. The van der Waals surface area contributed by atoms with Crippen LogP contribution in [0.2, 0.25) is 0 Å². The fraction of sp³-hybridized carbons (Fsp3) is 0.522. The maximum absolute atomic E-state index is 13.2. The van der Waals surface area contributed by atoms with Gasteiger partial charge in [-0.25, -0.2) is 4.79 Å². The Hall–Kier alpha value is -2.86. The third-order valence-corrected chi connectivity index (χ3v) is 4.74. The molecule has 176 valence electrons. The van der Waals surface area contributed by atoms with Gasteiger partial charge in [0.2, 0.25) is 5.91 Å². The summed E-state index contributed by atoms with van der Waals surface area (Å²) in [5.41, 5.74) is -0.352. The maximum atomic E-state index is 13.2. The molecular weight excluding hydrogens is 430 g/mol. The number of phenols is 1. The smallest absolute Gasteiger partial charge is 0.408 e. The zero-order valence-electron chi connectivity index (χ0n) is 19.2. The van der Waals surface area contributed by atoms with E-state index < -0.39 is 35.6 Å². The van der Waals surface area contributed by atoms with Gasteiger partial charge in [0.25, 0.3) is 5.91 Å². The SMILES string of the molecule is C#CN(C(=O)C(CS)NC(=O)OC(C)(C)C)C(C(=O)NC(C)CCC)c1ccc(O)cc1. The molecule has 0 saturated heterocycles. The molecular formula is C23H33N3O5S. The lowest BCUT2D eigenvalue weighted by molar-refractivity contribution is -0.138. The number of carbonyl (C=O) groups is 3. The molecule has 3 unspecified atom stereocenters. The van der Waals surface area contributed by atoms with Crippen LogP contribution in [0.25, 0.3) is 0 Å². The molecule has 0 saturated carbocycles. The zero-order valence-corrected chi connectivity index (χ0v) is 20.1. The first-order valence-corrected chi connectivity index (χ1v) is 11.1. The minimum atomic E-state index is -1.17. The summed E-state index contributed by atoms with van der Waals surface area (Å²) in [6.45, 7) is 8.94. The predicted octanol–water partition coefficient (Wildman–Crippen LogP) is 2.98. The van der Waals surface area contributed by atoms with Crippen molar-refractivity contribution < 1.29 is 24.2 Å². The third kappa shape index (κ3) is 8.35. The number of benzene rings is 1. The standard InChI is InChI=1S/C23H33N3O5S/c1-7-9-15(3)24-20(28)19(16-10-12-17(27)13-11-16)26(8-2)21(29)18(14-32)25-22(30)31-23(4,5)6/h2,10-13,15,18-19,27,32H,7,9,14H2,1,3-6H3,(H,24,28)(H,25,30). The van der Waals surface area contributed by atoms with Crippen LogP contribution in [0.4, 0.5) is 4.79 Å². The van der Waals surface area contributed by atoms with Crippen molar-refractivity contribution in [3.63, 3.8) is 0 Å². The van der Waals surface area contributed by atoms with Crippen molar-refractivity contribution in [2.45, 2.75) is 71.2 Å². The highest BCUT2D eigenvalue weighted by molar-refractivity contribution is 7.80. The summed E-state index contributed by atoms with van der Waals surface area (Å²) in [5, 5.41) is 15.0. The third-order valence-electron chi connectivity index (χ3n) is 4.37. The monoisotopic (exact) mass is 463 g/mol. The minimum absolute atomic E-state index is 0.00525. The lowest BCUT2D eigenvalue weighted by Crippen LogP contribution is -2.52. The van der Waals surface area contributed by atoms with Crippen LogP contribution in [0.3, 0.4) is 0 Å². The number of hydrogen-bond donors (Lipinski definition) is 4. The summed E-state index contributed by atoms with van der Waals surface area (Å²) < 4.78 is 5.21. The first-order valence-electron chi connectivity index (χ1n) is 10.4. The fourth-order valence-corrected chi connectivity index (χ4v) is 3.22. The Bertz CT molecular complexity index is 830. The molecule has 3 atom stereocenters. The first-order chi connectivity index (χ1) is 14.9. The van der Waals surface area contributed by atoms with E-state index in [4.69, 9.17) is 11.2 Å². The minimum Gasteiger partial charge on any atom is -0.508 e. The molecule has 0 fully saturated rings. The molecule has 8 nitrogen and oxygen atoms in total. The molecule has 0 spiro atoms. The number of rotatable bonds is 9. The Morgan fingerprint density at radius 3 is 2.28 bits per heavy atom. The number of aromatic hydroxyl groups is 1. The van der Waals surface area contributed by atoms with Crippen LogP contribution in [0, 0.1) is 12.5 Å². The van der Waals surface area contributed by atoms with Crippen molar-refractivity contribution in [2.24, 2.45) is 0 Å². The Kier molecular flexibility index (Phi) is 10.4. The number of nitrogens with zero attached hydrogens (tertiary/aromatic N) is 1. The molecule has 1 rings (SSSR count). The van der Waals surface area contributed by atoms with Crippen LogP contribution in [0.5, 0.6) is 5.75 Å². The van der Waals surface area contributed by atoms with Crippen LogP contribution in [-0.4, -0.2) is 51.4 Å². The molecule has 3 N–H and O–H groups in total. The zero-order chi connectivity index (χ0) is 24.5. The number of amides is 3. The lowest BCUT2D eigenvalue weighted by Gasteiger charge is -2.30. The van der Waals surface area contributed by atoms with E-state index in [1.807, 2.05) is 13.8 Å². The van der Waals surface area contributed by atoms with Gasteiger partial charge >= 0.3 is 6.09 Å². The Morgan fingerprint density at radius 1 is 1.22 bits per heavy atom. The molecule has 9 heteroatoms. The molecule has 32 heavy (non-hydrogen) atoms. The quantitative estimate of drug-likeness (QED) is 0.256. The molecule has 0 aliphatic rings. The lowest BCUT2D eigenvalue weighted by atomic mass is 10.0. The first kappa shape index (κ1) is 27.2. The van der Waals surface area contributed by atoms with Gasteiger partial charge in [0.1, 0.15) is 23.4 Å². The van der Waals surface area contributed by atoms with Crippen molar-refractivity contribution in [3.05, 3.63) is 29.8 Å². The largest absolute Gasteiger partial charge is 0.508 e. The topological polar surface area (TPSA) is 108 Å². The van der Waals surface area contributed by atoms with Crippen LogP contribution in [0.15, 0.2) is 24.3 Å². The normalized spacial score (nSPS) is 13.8. The van der Waals surface area contributed by atoms with Gasteiger partial charge in [-0.15, -0.1) is 0 Å². The molecule has 1 aromatic carbocycles. The van der Waals surface area contributed by atoms with E-state index in [0.717, 1.165) is 17.7 Å². The number of alkyl carbamates (subject to hydrolysis) is 1. The van der Waals surface area contributed by atoms with E-state index in [2.05, 4.69) is 29.3 Å². The molecule has 0 aliphatic heterocycles. The second kappa shape index (κ2) is 12.2. The van der Waals surface area contributed by atoms with Gasteiger partial charge in [0.15, 0.2) is 0 Å². The Morgan fingerprint density at radius 2 is 1.81 bits per heavy atom. The van der Waals surface area contributed by atoms with E-state index in [-0.39, 0.29) is 17.5 Å². The second-order valence-corrected chi connectivity index (χ2v) is 8.78. The van der Waals surface area contributed by atoms with Crippen LogP contribution in [0.1, 0.15) is 59.1 Å². The number of terminal acetylenes is 1. The van der Waals surface area contributed by atoms with E-state index >= 15 is 0 Å². The summed E-state index contributed by atoms with van der Waals surface area (Å²) >= 11 is 4.16. The van der Waals surface area contributed by atoms with Crippen molar-refractivity contribution in [1.29, 1.82) is 0 Å². The number of hydrogen-bond acceptors (Lipinski definition) is 6. The van der Waals surface area contributed by atoms with Gasteiger partial charge < -0.3 is 20.5 Å². The van der Waals surface area contributed by atoms with Crippen molar-refractivity contribution in [2.75, 3.05) is 5.75 Å². The van der Waals surface area contributed by atoms with Gasteiger partial charge in [0, 0.05) is 17.8 Å². The maximum Gasteiger partial charge on any atom is 0.408 e. The molecule has 0 aromatic heterocycles. The summed E-state index contributed by atoms with van der Waals surface area (Å²) in [7, 11) is 0. The summed E-state index contributed by atoms with van der Waals surface area (Å²) in [6.07, 6.45) is 6.46. The van der Waals surface area contributed by atoms with Crippen molar-refractivity contribution in [1.82, 2.24) is 15.5 Å². The van der Waals surface area contributed by atoms with Crippen LogP contribution < -0.4 is 10.6 Å². The average molecular weight is 464 g/mol. The number of phenolic OH excluding ortho intramolecular Hbond substituents is 1. The van der Waals surface area contributed by atoms with Gasteiger partial charge in [-0.2, -0.15) is 12.6 Å². The van der Waals surface area contributed by atoms with Gasteiger partial charge in [-0.1, -0.05) is 31.9 Å². The van der Waals surface area contributed by atoms with E-state index in [1.54, 1.807) is 20.8 Å². The van der Waals surface area contributed by atoms with E-state index in [0.29, 0.717) is 5.56 Å². The van der Waals surface area contributed by atoms with Crippen molar-refractivity contribution >= 4 is 30.5 Å². The Labute approximate surface area is 195 Å². The highest BCUT2D eigenvalue weighted by Crippen LogP contribution is 2.24. The Balaban J connectivity index is 3.24. The van der Waals surface area contributed by atoms with Gasteiger partial charge in [-0.3, -0.25) is 14.5 Å². The van der Waals surface area contributed by atoms with Crippen LogP contribution in [-0.2, 0) is 14.3 Å². The number of ether oxygens (including phenoxy) is 1. The highest BCUT2D eigenvalue weighted by Gasteiger charge is 2.35. The number of carbonyl (C=O) groups excluding carboxylic acids is 3. The molecule has 0 aliphatic carbocycles. The number of nitrogens with one attached hydrogen (secondary N) is 2. The summed E-state index contributed by atoms with van der Waals surface area (Å²) in [4.78, 5) is 39.5. The van der Waals surface area contributed by atoms with Gasteiger partial charge in [-0.05, 0) is 51.8 Å². The average Bonchev–Trinajstić information content (AvgIpc) is 2.69. The molecule has 0 bridgehead atoms.